The number of para-hydroxylation sites is 1. The summed E-state index contributed by atoms with van der Waals surface area (Å²) in [5.41, 5.74) is 4.95. The Kier molecular flexibility index (Phi) is 3.79. The second kappa shape index (κ2) is 5.95. The number of benzene rings is 2. The molecule has 2 aromatic carbocycles. The third-order valence-corrected chi connectivity index (χ3v) is 6.00. The van der Waals surface area contributed by atoms with Gasteiger partial charge in [-0.05, 0) is 43.7 Å². The molecular formula is C19H20N2OS. The Morgan fingerprint density at radius 1 is 1.13 bits per heavy atom. The van der Waals surface area contributed by atoms with E-state index in [-0.39, 0.29) is 6.04 Å². The zero-order valence-corrected chi connectivity index (χ0v) is 14.0. The average Bonchev–Trinajstić information content (AvgIpc) is 2.95. The van der Waals surface area contributed by atoms with Crippen molar-refractivity contribution >= 4 is 21.7 Å². The summed E-state index contributed by atoms with van der Waals surface area (Å²) in [5.74, 6) is 0.600. The molecule has 4 rings (SSSR count). The van der Waals surface area contributed by atoms with E-state index in [1.165, 1.54) is 27.7 Å². The second-order valence-corrected chi connectivity index (χ2v) is 7.64. The van der Waals surface area contributed by atoms with Crippen LogP contribution in [0.1, 0.15) is 22.9 Å². The number of nitrogens with one attached hydrogen (secondary N) is 2. The van der Waals surface area contributed by atoms with Gasteiger partial charge in [-0.2, -0.15) is 0 Å². The first-order valence-electron chi connectivity index (χ1n) is 8.00. The van der Waals surface area contributed by atoms with Crippen LogP contribution in [-0.2, 0) is 17.2 Å². The topological polar surface area (TPSA) is 44.9 Å². The molecule has 1 aromatic heterocycles. The number of aryl methyl sites for hydroxylation is 1. The highest BCUT2D eigenvalue weighted by molar-refractivity contribution is 7.85. The van der Waals surface area contributed by atoms with Gasteiger partial charge in [-0.3, -0.25) is 4.21 Å². The van der Waals surface area contributed by atoms with E-state index in [1.807, 2.05) is 31.2 Å². The van der Waals surface area contributed by atoms with Crippen LogP contribution in [0.2, 0.25) is 0 Å². The average molecular weight is 324 g/mol. The first kappa shape index (κ1) is 14.7. The number of H-pyrrole nitrogens is 1. The largest absolute Gasteiger partial charge is 0.357 e. The lowest BCUT2D eigenvalue weighted by atomic mass is 10.0. The SMILES string of the molecule is Cc1ccc(S(=O)C[C@H]2NCCc3c2[nH]c2ccccc32)cc1. The van der Waals surface area contributed by atoms with Gasteiger partial charge in [0.15, 0.2) is 0 Å². The van der Waals surface area contributed by atoms with E-state index in [4.69, 9.17) is 0 Å². The molecule has 0 saturated heterocycles. The molecule has 0 radical (unpaired) electrons. The number of fused-ring (bicyclic) bond motifs is 3. The maximum absolute atomic E-state index is 12.7. The van der Waals surface area contributed by atoms with Crippen LogP contribution in [0.4, 0.5) is 0 Å². The van der Waals surface area contributed by atoms with Crippen molar-refractivity contribution in [3.05, 3.63) is 65.4 Å². The molecule has 2 N–H and O–H groups in total. The van der Waals surface area contributed by atoms with E-state index in [1.54, 1.807) is 0 Å². The van der Waals surface area contributed by atoms with E-state index in [0.717, 1.165) is 17.9 Å². The fourth-order valence-corrected chi connectivity index (χ4v) is 4.56. The Hall–Kier alpha value is -1.91. The quantitative estimate of drug-likeness (QED) is 0.775. The van der Waals surface area contributed by atoms with Crippen LogP contribution in [0.3, 0.4) is 0 Å². The van der Waals surface area contributed by atoms with Gasteiger partial charge in [-0.1, -0.05) is 35.9 Å². The van der Waals surface area contributed by atoms with E-state index >= 15 is 0 Å². The van der Waals surface area contributed by atoms with E-state index in [2.05, 4.69) is 34.6 Å². The molecule has 0 aliphatic carbocycles. The first-order chi connectivity index (χ1) is 11.2. The second-order valence-electron chi connectivity index (χ2n) is 6.14. The lowest BCUT2D eigenvalue weighted by molar-refractivity contribution is 0.534. The molecule has 0 amide bonds. The van der Waals surface area contributed by atoms with Gasteiger partial charge >= 0.3 is 0 Å². The zero-order chi connectivity index (χ0) is 15.8. The Balaban J connectivity index is 1.64. The lowest BCUT2D eigenvalue weighted by Crippen LogP contribution is -2.33. The molecule has 1 aliphatic heterocycles. The van der Waals surface area contributed by atoms with Crippen molar-refractivity contribution in [2.75, 3.05) is 12.3 Å². The van der Waals surface area contributed by atoms with Gasteiger partial charge in [0.1, 0.15) is 0 Å². The van der Waals surface area contributed by atoms with Crippen molar-refractivity contribution in [3.8, 4) is 0 Å². The Morgan fingerprint density at radius 3 is 2.74 bits per heavy atom. The molecule has 2 heterocycles. The number of rotatable bonds is 3. The van der Waals surface area contributed by atoms with Crippen molar-refractivity contribution in [2.45, 2.75) is 24.3 Å². The highest BCUT2D eigenvalue weighted by atomic mass is 32.2. The van der Waals surface area contributed by atoms with Crippen LogP contribution in [0, 0.1) is 6.92 Å². The van der Waals surface area contributed by atoms with Crippen molar-refractivity contribution < 1.29 is 4.21 Å². The fraction of sp³-hybridized carbons (Fsp3) is 0.263. The molecule has 1 aliphatic rings. The predicted molar refractivity (Wildman–Crippen MR) is 95.2 cm³/mol. The predicted octanol–water partition coefficient (Wildman–Crippen LogP) is 3.47. The highest BCUT2D eigenvalue weighted by Crippen LogP contribution is 2.30. The zero-order valence-electron chi connectivity index (χ0n) is 13.1. The number of hydrogen-bond donors (Lipinski definition) is 2. The molecule has 1 unspecified atom stereocenters. The molecule has 0 bridgehead atoms. The van der Waals surface area contributed by atoms with Crippen LogP contribution in [0.15, 0.2) is 53.4 Å². The molecule has 0 fully saturated rings. The molecular weight excluding hydrogens is 304 g/mol. The summed E-state index contributed by atoms with van der Waals surface area (Å²) in [7, 11) is -1.00. The maximum Gasteiger partial charge on any atom is 0.0596 e. The summed E-state index contributed by atoms with van der Waals surface area (Å²) < 4.78 is 12.7. The van der Waals surface area contributed by atoms with Gasteiger partial charge in [0.05, 0.1) is 16.8 Å². The third-order valence-electron chi connectivity index (χ3n) is 4.56. The molecule has 3 aromatic rings. The van der Waals surface area contributed by atoms with Crippen molar-refractivity contribution in [1.29, 1.82) is 0 Å². The fourth-order valence-electron chi connectivity index (χ4n) is 3.34. The smallest absolute Gasteiger partial charge is 0.0596 e. The Morgan fingerprint density at radius 2 is 1.91 bits per heavy atom. The van der Waals surface area contributed by atoms with Gasteiger partial charge < -0.3 is 10.3 Å². The van der Waals surface area contributed by atoms with Crippen LogP contribution in [0.25, 0.3) is 10.9 Å². The summed E-state index contributed by atoms with van der Waals surface area (Å²) in [6.07, 6.45) is 1.02. The third kappa shape index (κ3) is 2.73. The molecule has 2 atom stereocenters. The van der Waals surface area contributed by atoms with Crippen molar-refractivity contribution in [3.63, 3.8) is 0 Å². The summed E-state index contributed by atoms with van der Waals surface area (Å²) in [6, 6.07) is 16.5. The Labute approximate surface area is 138 Å². The number of hydrogen-bond acceptors (Lipinski definition) is 2. The van der Waals surface area contributed by atoms with Gasteiger partial charge in [-0.15, -0.1) is 0 Å². The van der Waals surface area contributed by atoms with E-state index in [9.17, 15) is 4.21 Å². The van der Waals surface area contributed by atoms with Gasteiger partial charge in [0, 0.05) is 27.2 Å². The number of aromatic nitrogens is 1. The molecule has 23 heavy (non-hydrogen) atoms. The van der Waals surface area contributed by atoms with Gasteiger partial charge in [-0.25, -0.2) is 0 Å². The molecule has 118 valence electrons. The molecule has 0 saturated carbocycles. The summed E-state index contributed by atoms with van der Waals surface area (Å²) in [5, 5.41) is 4.83. The van der Waals surface area contributed by atoms with Crippen LogP contribution in [0.5, 0.6) is 0 Å². The highest BCUT2D eigenvalue weighted by Gasteiger charge is 2.25. The minimum Gasteiger partial charge on any atom is -0.357 e. The summed E-state index contributed by atoms with van der Waals surface area (Å²) >= 11 is 0. The maximum atomic E-state index is 12.7. The van der Waals surface area contributed by atoms with E-state index in [0.29, 0.717) is 5.75 Å². The van der Waals surface area contributed by atoms with Crippen LogP contribution >= 0.6 is 0 Å². The van der Waals surface area contributed by atoms with Crippen LogP contribution < -0.4 is 5.32 Å². The summed E-state index contributed by atoms with van der Waals surface area (Å²) in [4.78, 5) is 4.44. The standard InChI is InChI=1S/C19H20N2OS/c1-13-6-8-14(9-7-13)23(22)12-18-19-16(10-11-20-18)15-4-2-3-5-17(15)21-19/h2-9,18,20-21H,10-12H2,1H3/t18-,23?/m1/s1. The normalized spacial score (nSPS) is 18.7. The van der Waals surface area contributed by atoms with Gasteiger partial charge in [0.25, 0.3) is 0 Å². The molecule has 0 spiro atoms. The summed E-state index contributed by atoms with van der Waals surface area (Å²) in [6.45, 7) is 2.98. The van der Waals surface area contributed by atoms with Crippen molar-refractivity contribution in [2.24, 2.45) is 0 Å². The first-order valence-corrected chi connectivity index (χ1v) is 9.32. The molecule has 3 nitrogen and oxygen atoms in total. The number of aromatic amines is 1. The Bertz CT molecular complexity index is 867. The monoisotopic (exact) mass is 324 g/mol. The molecule has 4 heteroatoms. The minimum absolute atomic E-state index is 0.119. The van der Waals surface area contributed by atoms with Crippen LogP contribution in [-0.4, -0.2) is 21.5 Å². The van der Waals surface area contributed by atoms with E-state index < -0.39 is 10.8 Å². The lowest BCUT2D eigenvalue weighted by Gasteiger charge is -2.24. The minimum atomic E-state index is -1.00. The van der Waals surface area contributed by atoms with Crippen molar-refractivity contribution in [1.82, 2.24) is 10.3 Å². The van der Waals surface area contributed by atoms with Gasteiger partial charge in [0.2, 0.25) is 0 Å².